The van der Waals surface area contributed by atoms with Crippen LogP contribution in [0.5, 0.6) is 0 Å². The van der Waals surface area contributed by atoms with Crippen LogP contribution in [0.25, 0.3) is 0 Å². The highest BCUT2D eigenvalue weighted by Crippen LogP contribution is 2.12. The number of H-pyrrole nitrogens is 1. The lowest BCUT2D eigenvalue weighted by Crippen LogP contribution is -2.09. The molecule has 1 heterocycles. The summed E-state index contributed by atoms with van der Waals surface area (Å²) in [6.07, 6.45) is 0.670. The SMILES string of the molecule is Nc1cc(=O)[nH]c(SCCCO)n1. The van der Waals surface area contributed by atoms with Gasteiger partial charge in [0.15, 0.2) is 5.16 Å². The van der Waals surface area contributed by atoms with Crippen LogP contribution in [0.1, 0.15) is 6.42 Å². The van der Waals surface area contributed by atoms with Crippen LogP contribution < -0.4 is 11.3 Å². The van der Waals surface area contributed by atoms with Gasteiger partial charge in [0, 0.05) is 18.4 Å². The second kappa shape index (κ2) is 4.88. The van der Waals surface area contributed by atoms with Crippen LogP contribution in [0.2, 0.25) is 0 Å². The Labute approximate surface area is 79.4 Å². The number of aliphatic hydroxyl groups excluding tert-OH is 1. The Morgan fingerprint density at radius 3 is 3.08 bits per heavy atom. The van der Waals surface area contributed by atoms with Crippen LogP contribution >= 0.6 is 11.8 Å². The highest BCUT2D eigenvalue weighted by Gasteiger charge is 1.98. The molecule has 0 atom stereocenters. The zero-order chi connectivity index (χ0) is 9.68. The molecule has 0 saturated heterocycles. The molecule has 0 amide bonds. The number of thioether (sulfide) groups is 1. The molecule has 0 aliphatic heterocycles. The Morgan fingerprint density at radius 1 is 1.69 bits per heavy atom. The number of aromatic nitrogens is 2. The lowest BCUT2D eigenvalue weighted by Gasteiger charge is -1.99. The summed E-state index contributed by atoms with van der Waals surface area (Å²) >= 11 is 1.37. The first kappa shape index (κ1) is 10.1. The second-order valence-electron chi connectivity index (χ2n) is 2.40. The van der Waals surface area contributed by atoms with E-state index in [0.717, 1.165) is 0 Å². The Kier molecular flexibility index (Phi) is 3.78. The minimum atomic E-state index is -0.251. The Hall–Kier alpha value is -1.01. The number of nitrogens with two attached hydrogens (primary N) is 1. The molecule has 6 heteroatoms. The predicted octanol–water partition coefficient (Wildman–Crippen LogP) is -0.173. The van der Waals surface area contributed by atoms with Crippen molar-refractivity contribution in [2.75, 3.05) is 18.1 Å². The molecule has 0 bridgehead atoms. The van der Waals surface area contributed by atoms with Gasteiger partial charge in [-0.3, -0.25) is 4.79 Å². The van der Waals surface area contributed by atoms with Gasteiger partial charge in [-0.05, 0) is 6.42 Å². The summed E-state index contributed by atoms with van der Waals surface area (Å²) in [5.41, 5.74) is 5.12. The molecule has 0 aliphatic rings. The molecular weight excluding hydrogens is 190 g/mol. The summed E-state index contributed by atoms with van der Waals surface area (Å²) in [5, 5.41) is 9.02. The minimum absolute atomic E-state index is 0.138. The molecule has 4 N–H and O–H groups in total. The highest BCUT2D eigenvalue weighted by atomic mass is 32.2. The molecule has 5 nitrogen and oxygen atoms in total. The summed E-state index contributed by atoms with van der Waals surface area (Å²) in [6.45, 7) is 0.138. The maximum absolute atomic E-state index is 10.9. The van der Waals surface area contributed by atoms with Gasteiger partial charge in [0.25, 0.3) is 5.56 Å². The van der Waals surface area contributed by atoms with E-state index in [1.165, 1.54) is 17.8 Å². The smallest absolute Gasteiger partial charge is 0.253 e. The van der Waals surface area contributed by atoms with Gasteiger partial charge >= 0.3 is 0 Å². The average Bonchev–Trinajstić information content (AvgIpc) is 2.03. The van der Waals surface area contributed by atoms with E-state index in [4.69, 9.17) is 10.8 Å². The first-order valence-electron chi connectivity index (χ1n) is 3.83. The Balaban J connectivity index is 2.61. The molecule has 1 aromatic heterocycles. The van der Waals surface area contributed by atoms with Gasteiger partial charge in [0.05, 0.1) is 0 Å². The molecule has 0 fully saturated rings. The fourth-order valence-corrected chi connectivity index (χ4v) is 1.56. The molecule has 72 valence electrons. The van der Waals surface area contributed by atoms with E-state index < -0.39 is 0 Å². The van der Waals surface area contributed by atoms with Crippen molar-refractivity contribution in [3.8, 4) is 0 Å². The van der Waals surface area contributed by atoms with Gasteiger partial charge in [-0.1, -0.05) is 11.8 Å². The van der Waals surface area contributed by atoms with Crippen LogP contribution in [0, 0.1) is 0 Å². The van der Waals surface area contributed by atoms with Gasteiger partial charge in [0.1, 0.15) is 5.82 Å². The number of hydrogen-bond acceptors (Lipinski definition) is 5. The van der Waals surface area contributed by atoms with Gasteiger partial charge in [0.2, 0.25) is 0 Å². The number of rotatable bonds is 4. The highest BCUT2D eigenvalue weighted by molar-refractivity contribution is 7.99. The number of nitrogen functional groups attached to an aromatic ring is 1. The normalized spacial score (nSPS) is 10.2. The van der Waals surface area contributed by atoms with Crippen molar-refractivity contribution >= 4 is 17.6 Å². The van der Waals surface area contributed by atoms with E-state index >= 15 is 0 Å². The molecule has 0 radical (unpaired) electrons. The van der Waals surface area contributed by atoms with Gasteiger partial charge in [-0.25, -0.2) is 4.98 Å². The zero-order valence-corrected chi connectivity index (χ0v) is 7.80. The van der Waals surface area contributed by atoms with Crippen molar-refractivity contribution in [1.82, 2.24) is 9.97 Å². The Bertz CT molecular complexity index is 326. The fraction of sp³-hybridized carbons (Fsp3) is 0.429. The maximum atomic E-state index is 10.9. The first-order chi connectivity index (χ1) is 6.22. The quantitative estimate of drug-likeness (QED) is 0.357. The maximum Gasteiger partial charge on any atom is 0.253 e. The van der Waals surface area contributed by atoms with E-state index in [9.17, 15) is 4.79 Å². The number of nitrogens with zero attached hydrogens (tertiary/aromatic N) is 1. The zero-order valence-electron chi connectivity index (χ0n) is 6.99. The molecule has 13 heavy (non-hydrogen) atoms. The third kappa shape index (κ3) is 3.47. The molecule has 0 aromatic carbocycles. The standard InChI is InChI=1S/C7H11N3O2S/c8-5-4-6(12)10-7(9-5)13-3-1-2-11/h4,11H,1-3H2,(H3,8,9,10,12). The summed E-state index contributed by atoms with van der Waals surface area (Å²) in [5.74, 6) is 0.929. The van der Waals surface area contributed by atoms with Crippen LogP contribution in [0.3, 0.4) is 0 Å². The number of hydrogen-bond donors (Lipinski definition) is 3. The Morgan fingerprint density at radius 2 is 2.46 bits per heavy atom. The first-order valence-corrected chi connectivity index (χ1v) is 4.81. The predicted molar refractivity (Wildman–Crippen MR) is 51.7 cm³/mol. The van der Waals surface area contributed by atoms with Crippen LogP contribution in [-0.4, -0.2) is 27.4 Å². The topological polar surface area (TPSA) is 92.0 Å². The van der Waals surface area contributed by atoms with Crippen molar-refractivity contribution in [2.24, 2.45) is 0 Å². The summed E-state index contributed by atoms with van der Waals surface area (Å²) < 4.78 is 0. The van der Waals surface area contributed by atoms with E-state index in [2.05, 4.69) is 9.97 Å². The van der Waals surface area contributed by atoms with Crippen molar-refractivity contribution in [1.29, 1.82) is 0 Å². The van der Waals surface area contributed by atoms with Crippen LogP contribution in [0.15, 0.2) is 16.0 Å². The van der Waals surface area contributed by atoms with Gasteiger partial charge < -0.3 is 15.8 Å². The minimum Gasteiger partial charge on any atom is -0.396 e. The number of nitrogens with one attached hydrogen (secondary N) is 1. The fourth-order valence-electron chi connectivity index (χ4n) is 0.755. The largest absolute Gasteiger partial charge is 0.396 e. The summed E-state index contributed by atoms with van der Waals surface area (Å²) in [6, 6.07) is 1.23. The molecule has 0 spiro atoms. The molecule has 0 aliphatic carbocycles. The van der Waals surface area contributed by atoms with Crippen LogP contribution in [0.4, 0.5) is 5.82 Å². The molecule has 1 rings (SSSR count). The molecule has 1 aromatic rings. The van der Waals surface area contributed by atoms with Crippen LogP contribution in [-0.2, 0) is 0 Å². The third-order valence-electron chi connectivity index (χ3n) is 1.28. The number of aromatic amines is 1. The third-order valence-corrected chi connectivity index (χ3v) is 2.24. The van der Waals surface area contributed by atoms with E-state index in [1.54, 1.807) is 0 Å². The van der Waals surface area contributed by atoms with Gasteiger partial charge in [-0.15, -0.1) is 0 Å². The number of aliphatic hydroxyl groups is 1. The second-order valence-corrected chi connectivity index (χ2v) is 3.48. The molecule has 0 saturated carbocycles. The van der Waals surface area contributed by atoms with E-state index in [0.29, 0.717) is 17.3 Å². The molecular formula is C7H11N3O2S. The van der Waals surface area contributed by atoms with Crippen molar-refractivity contribution < 1.29 is 5.11 Å². The molecule has 0 unspecified atom stereocenters. The lowest BCUT2D eigenvalue weighted by atomic mass is 10.5. The summed E-state index contributed by atoms with van der Waals surface area (Å²) in [7, 11) is 0. The summed E-state index contributed by atoms with van der Waals surface area (Å²) in [4.78, 5) is 17.4. The number of anilines is 1. The lowest BCUT2D eigenvalue weighted by molar-refractivity contribution is 0.296. The van der Waals surface area contributed by atoms with Crippen molar-refractivity contribution in [3.63, 3.8) is 0 Å². The van der Waals surface area contributed by atoms with Crippen molar-refractivity contribution in [2.45, 2.75) is 11.6 Å². The van der Waals surface area contributed by atoms with Crippen molar-refractivity contribution in [3.05, 3.63) is 16.4 Å². The average molecular weight is 201 g/mol. The monoisotopic (exact) mass is 201 g/mol. The van der Waals surface area contributed by atoms with E-state index in [1.807, 2.05) is 0 Å². The van der Waals surface area contributed by atoms with Gasteiger partial charge in [-0.2, -0.15) is 0 Å². The van der Waals surface area contributed by atoms with E-state index in [-0.39, 0.29) is 18.0 Å².